The Morgan fingerprint density at radius 1 is 1.03 bits per heavy atom. The molecule has 0 unspecified atom stereocenters. The minimum Gasteiger partial charge on any atom is -0.326 e. The molecule has 4 aromatic rings. The molecule has 152 valence electrons. The second-order valence-corrected chi connectivity index (χ2v) is 7.39. The Morgan fingerprint density at radius 2 is 1.80 bits per heavy atom. The molecule has 0 saturated heterocycles. The van der Waals surface area contributed by atoms with Crippen molar-refractivity contribution < 1.29 is 4.79 Å². The van der Waals surface area contributed by atoms with Crippen LogP contribution in [0.4, 0.5) is 5.69 Å². The fourth-order valence-corrected chi connectivity index (χ4v) is 3.44. The van der Waals surface area contributed by atoms with Gasteiger partial charge < -0.3 is 5.32 Å². The van der Waals surface area contributed by atoms with Gasteiger partial charge in [-0.3, -0.25) is 4.79 Å². The van der Waals surface area contributed by atoms with Crippen LogP contribution in [0.5, 0.6) is 0 Å². The maximum atomic E-state index is 12.7. The van der Waals surface area contributed by atoms with Gasteiger partial charge in [-0.15, -0.1) is 5.10 Å². The van der Waals surface area contributed by atoms with E-state index in [0.29, 0.717) is 16.5 Å². The number of carbonyl (C=O) groups excluding carboxylic acids is 1. The number of hydrogen-bond acceptors (Lipinski definition) is 5. The van der Waals surface area contributed by atoms with Crippen molar-refractivity contribution in [2.75, 3.05) is 5.32 Å². The molecule has 30 heavy (non-hydrogen) atoms. The van der Waals surface area contributed by atoms with Crippen LogP contribution in [0.3, 0.4) is 0 Å². The average molecular weight is 422 g/mol. The fraction of sp³-hybridized carbons (Fsp3) is 0.190. The van der Waals surface area contributed by atoms with Crippen LogP contribution in [-0.2, 0) is 11.2 Å². The van der Waals surface area contributed by atoms with Crippen molar-refractivity contribution in [1.29, 1.82) is 0 Å². The summed E-state index contributed by atoms with van der Waals surface area (Å²) in [6, 6.07) is 14.8. The van der Waals surface area contributed by atoms with Gasteiger partial charge in [-0.2, -0.15) is 9.78 Å². The Hall–Kier alpha value is -3.52. The van der Waals surface area contributed by atoms with Crippen LogP contribution in [0.25, 0.3) is 11.4 Å². The number of amides is 1. The molecular formula is C21H20ClN7O. The van der Waals surface area contributed by atoms with E-state index in [1.165, 1.54) is 0 Å². The van der Waals surface area contributed by atoms with E-state index in [1.54, 1.807) is 4.68 Å². The molecule has 2 heterocycles. The maximum absolute atomic E-state index is 12.7. The summed E-state index contributed by atoms with van der Waals surface area (Å²) >= 11 is 5.98. The second kappa shape index (κ2) is 8.08. The number of aromatic nitrogens is 6. The van der Waals surface area contributed by atoms with Crippen LogP contribution in [0.1, 0.15) is 22.8 Å². The van der Waals surface area contributed by atoms with E-state index in [0.717, 1.165) is 28.3 Å². The van der Waals surface area contributed by atoms with Crippen LogP contribution >= 0.6 is 11.6 Å². The number of rotatable bonds is 5. The Labute approximate surface area is 178 Å². The molecule has 1 amide bonds. The first-order valence-corrected chi connectivity index (χ1v) is 9.76. The number of hydrogen-bond donors (Lipinski definition) is 1. The third-order valence-electron chi connectivity index (χ3n) is 4.85. The van der Waals surface area contributed by atoms with Gasteiger partial charge in [-0.25, -0.2) is 4.68 Å². The average Bonchev–Trinajstić information content (AvgIpc) is 3.27. The van der Waals surface area contributed by atoms with Crippen LogP contribution in [0.2, 0.25) is 5.02 Å². The standard InChI is InChI=1S/C21H20ClN7O/c1-13-20(14(2)28(25-13)18-9-7-16(22)8-10-18)12-21(30)23-17-5-4-6-19(11-17)29-15(3)24-26-27-29/h4-11H,12H2,1-3H3,(H,23,30). The van der Waals surface area contributed by atoms with Gasteiger partial charge in [0.2, 0.25) is 5.91 Å². The highest BCUT2D eigenvalue weighted by Crippen LogP contribution is 2.21. The van der Waals surface area contributed by atoms with Crippen LogP contribution in [0, 0.1) is 20.8 Å². The van der Waals surface area contributed by atoms with Gasteiger partial charge in [-0.05, 0) is 73.7 Å². The molecular weight excluding hydrogens is 402 g/mol. The molecule has 2 aromatic carbocycles. The first-order chi connectivity index (χ1) is 14.4. The first kappa shape index (κ1) is 19.8. The lowest BCUT2D eigenvalue weighted by Crippen LogP contribution is -2.15. The van der Waals surface area contributed by atoms with Crippen molar-refractivity contribution in [2.24, 2.45) is 0 Å². The Balaban J connectivity index is 1.52. The van der Waals surface area contributed by atoms with Crippen LogP contribution in [0.15, 0.2) is 48.5 Å². The van der Waals surface area contributed by atoms with E-state index in [9.17, 15) is 4.79 Å². The van der Waals surface area contributed by atoms with Gasteiger partial charge in [-0.1, -0.05) is 17.7 Å². The lowest BCUT2D eigenvalue weighted by Gasteiger charge is -2.09. The summed E-state index contributed by atoms with van der Waals surface area (Å²) in [5.41, 5.74) is 4.98. The molecule has 8 nitrogen and oxygen atoms in total. The fourth-order valence-electron chi connectivity index (χ4n) is 3.32. The molecule has 1 N–H and O–H groups in total. The largest absolute Gasteiger partial charge is 0.326 e. The molecule has 2 aromatic heterocycles. The molecule has 0 bridgehead atoms. The third-order valence-corrected chi connectivity index (χ3v) is 5.10. The van der Waals surface area contributed by atoms with E-state index >= 15 is 0 Å². The number of halogens is 1. The minimum atomic E-state index is -0.123. The van der Waals surface area contributed by atoms with Crippen LogP contribution in [-0.4, -0.2) is 35.9 Å². The zero-order valence-electron chi connectivity index (χ0n) is 16.8. The highest BCUT2D eigenvalue weighted by molar-refractivity contribution is 6.30. The lowest BCUT2D eigenvalue weighted by atomic mass is 10.1. The van der Waals surface area contributed by atoms with Crippen molar-refractivity contribution >= 4 is 23.2 Å². The minimum absolute atomic E-state index is 0.123. The molecule has 4 rings (SSSR count). The quantitative estimate of drug-likeness (QED) is 0.531. The molecule has 0 aliphatic rings. The van der Waals surface area contributed by atoms with E-state index in [4.69, 9.17) is 11.6 Å². The summed E-state index contributed by atoms with van der Waals surface area (Å²) < 4.78 is 3.44. The van der Waals surface area contributed by atoms with Crippen molar-refractivity contribution in [1.82, 2.24) is 30.0 Å². The highest BCUT2D eigenvalue weighted by Gasteiger charge is 2.16. The molecule has 0 aliphatic carbocycles. The smallest absolute Gasteiger partial charge is 0.228 e. The predicted octanol–water partition coefficient (Wildman–Crippen LogP) is 3.61. The number of anilines is 1. The SMILES string of the molecule is Cc1nn(-c2ccc(Cl)cc2)c(C)c1CC(=O)Nc1cccc(-n2nnnc2C)c1. The second-order valence-electron chi connectivity index (χ2n) is 6.95. The molecule has 0 atom stereocenters. The zero-order chi connectivity index (χ0) is 21.3. The van der Waals surface area contributed by atoms with Crippen LogP contribution < -0.4 is 5.32 Å². The van der Waals surface area contributed by atoms with Crippen molar-refractivity contribution in [3.8, 4) is 11.4 Å². The topological polar surface area (TPSA) is 90.5 Å². The number of tetrazole rings is 1. The van der Waals surface area contributed by atoms with E-state index in [1.807, 2.05) is 74.0 Å². The Kier molecular flexibility index (Phi) is 5.33. The van der Waals surface area contributed by atoms with Gasteiger partial charge in [0.25, 0.3) is 0 Å². The van der Waals surface area contributed by atoms with Crippen molar-refractivity contribution in [2.45, 2.75) is 27.2 Å². The zero-order valence-corrected chi connectivity index (χ0v) is 17.6. The van der Waals surface area contributed by atoms with Gasteiger partial charge in [0.05, 0.1) is 23.5 Å². The molecule has 0 spiro atoms. The number of aryl methyl sites for hydroxylation is 2. The summed E-state index contributed by atoms with van der Waals surface area (Å²) in [6.07, 6.45) is 0.222. The number of carbonyl (C=O) groups is 1. The molecule has 0 saturated carbocycles. The van der Waals surface area contributed by atoms with E-state index < -0.39 is 0 Å². The summed E-state index contributed by atoms with van der Waals surface area (Å²) in [4.78, 5) is 12.7. The summed E-state index contributed by atoms with van der Waals surface area (Å²) in [5, 5.41) is 19.7. The van der Waals surface area contributed by atoms with Crippen molar-refractivity contribution in [3.63, 3.8) is 0 Å². The van der Waals surface area contributed by atoms with E-state index in [-0.39, 0.29) is 12.3 Å². The third kappa shape index (κ3) is 3.95. The summed E-state index contributed by atoms with van der Waals surface area (Å²) in [5.74, 6) is 0.543. The van der Waals surface area contributed by atoms with Crippen molar-refractivity contribution in [3.05, 3.63) is 76.3 Å². The van der Waals surface area contributed by atoms with E-state index in [2.05, 4.69) is 25.9 Å². The van der Waals surface area contributed by atoms with Gasteiger partial charge >= 0.3 is 0 Å². The maximum Gasteiger partial charge on any atom is 0.228 e. The van der Waals surface area contributed by atoms with Gasteiger partial charge in [0.1, 0.15) is 0 Å². The molecule has 9 heteroatoms. The number of benzene rings is 2. The highest BCUT2D eigenvalue weighted by atomic mass is 35.5. The molecule has 0 fully saturated rings. The van der Waals surface area contributed by atoms with Gasteiger partial charge in [0, 0.05) is 22.0 Å². The summed E-state index contributed by atoms with van der Waals surface area (Å²) in [6.45, 7) is 5.68. The normalized spacial score (nSPS) is 10.9. The monoisotopic (exact) mass is 421 g/mol. The Bertz CT molecular complexity index is 1210. The number of nitrogens with zero attached hydrogens (tertiary/aromatic N) is 6. The molecule has 0 aliphatic heterocycles. The van der Waals surface area contributed by atoms with Gasteiger partial charge in [0.15, 0.2) is 5.82 Å². The lowest BCUT2D eigenvalue weighted by molar-refractivity contribution is -0.115. The number of nitrogens with one attached hydrogen (secondary N) is 1. The summed E-state index contributed by atoms with van der Waals surface area (Å²) in [7, 11) is 0. The molecule has 0 radical (unpaired) electrons. The first-order valence-electron chi connectivity index (χ1n) is 9.38. The predicted molar refractivity (Wildman–Crippen MR) is 114 cm³/mol. The Morgan fingerprint density at radius 3 is 2.50 bits per heavy atom.